The van der Waals surface area contributed by atoms with E-state index in [0.29, 0.717) is 25.9 Å². The van der Waals surface area contributed by atoms with Gasteiger partial charge in [-0.3, -0.25) is 9.59 Å². The molecule has 0 unspecified atom stereocenters. The van der Waals surface area contributed by atoms with Crippen LogP contribution in [0, 0.1) is 0 Å². The first-order valence-electron chi connectivity index (χ1n) is 27.3. The smallest absolute Gasteiger partial charge is 0.220 e. The van der Waals surface area contributed by atoms with Gasteiger partial charge in [0.1, 0.15) is 0 Å². The predicted octanol–water partition coefficient (Wildman–Crippen LogP) is 18.1. The molecule has 0 aliphatic rings. The number of nitrogens with one attached hydrogen (secondary N) is 2. The maximum atomic E-state index is 12.5. The van der Waals surface area contributed by atoms with E-state index in [1.54, 1.807) is 0 Å². The van der Waals surface area contributed by atoms with Crippen molar-refractivity contribution in [1.29, 1.82) is 0 Å². The third-order valence-corrected chi connectivity index (χ3v) is 13.0. The van der Waals surface area contributed by atoms with E-state index in [2.05, 4.69) is 42.7 Å². The number of benzene rings is 1. The second-order valence-electron chi connectivity index (χ2n) is 19.0. The van der Waals surface area contributed by atoms with E-state index < -0.39 is 0 Å². The highest BCUT2D eigenvalue weighted by atomic mass is 16.2. The lowest BCUT2D eigenvalue weighted by Gasteiger charge is -2.09. The van der Waals surface area contributed by atoms with Crippen LogP contribution in [0.3, 0.4) is 0 Å². The monoisotopic (exact) mass is 837 g/mol. The van der Waals surface area contributed by atoms with Gasteiger partial charge in [0.25, 0.3) is 0 Å². The van der Waals surface area contributed by atoms with Gasteiger partial charge in [-0.1, -0.05) is 295 Å². The second-order valence-corrected chi connectivity index (χ2v) is 19.0. The largest absolute Gasteiger partial charge is 0.352 e. The lowest BCUT2D eigenvalue weighted by atomic mass is 10.0. The molecule has 0 atom stereocenters. The molecule has 2 N–H and O–H groups in total. The molecule has 0 spiro atoms. The first kappa shape index (κ1) is 56.2. The van der Waals surface area contributed by atoms with Crippen LogP contribution in [0.5, 0.6) is 0 Å². The first-order valence-corrected chi connectivity index (χ1v) is 27.3. The van der Waals surface area contributed by atoms with Crippen molar-refractivity contribution in [3.05, 3.63) is 35.4 Å². The van der Waals surface area contributed by atoms with Crippen molar-refractivity contribution >= 4 is 11.8 Å². The van der Waals surface area contributed by atoms with Gasteiger partial charge in [0.05, 0.1) is 0 Å². The number of unbranched alkanes of at least 4 members (excludes halogenated alkanes) is 40. The van der Waals surface area contributed by atoms with Gasteiger partial charge in [-0.15, -0.1) is 0 Å². The zero-order valence-electron chi connectivity index (χ0n) is 40.7. The van der Waals surface area contributed by atoms with E-state index in [-0.39, 0.29) is 11.8 Å². The van der Waals surface area contributed by atoms with Crippen molar-refractivity contribution in [2.75, 3.05) is 0 Å². The fraction of sp³-hybridized carbons (Fsp3) is 0.857. The minimum Gasteiger partial charge on any atom is -0.352 e. The molecular formula is C56H104N2O2. The standard InChI is InChI=1S/C56H104N2O2/c1-3-5-7-9-11-13-15-17-19-21-23-25-27-29-31-33-35-37-39-41-43-48-55(59)57-51-53-46-45-47-54(50-53)52-58-56(60)49-44-42-40-38-36-34-32-30-28-26-24-22-20-18-16-14-12-10-8-6-4-2/h45-47,50H,3-44,48-49,51-52H2,1-2H3,(H,57,59)(H,58,60). The van der Waals surface area contributed by atoms with Crippen molar-refractivity contribution < 1.29 is 9.59 Å². The molecule has 350 valence electrons. The fourth-order valence-corrected chi connectivity index (χ4v) is 8.86. The SMILES string of the molecule is CCCCCCCCCCCCCCCCCCCCCCCC(=O)NCc1cccc(CNC(=O)CCCCCCCCCCCCCCCCCCCCCCC)c1. The highest BCUT2D eigenvalue weighted by molar-refractivity contribution is 5.76. The van der Waals surface area contributed by atoms with Crippen LogP contribution >= 0.6 is 0 Å². The maximum absolute atomic E-state index is 12.5. The van der Waals surface area contributed by atoms with Crippen LogP contribution in [-0.2, 0) is 22.7 Å². The summed E-state index contributed by atoms with van der Waals surface area (Å²) in [5.74, 6) is 0.299. The zero-order valence-corrected chi connectivity index (χ0v) is 40.7. The first-order chi connectivity index (χ1) is 29.7. The van der Waals surface area contributed by atoms with Gasteiger partial charge in [0.15, 0.2) is 0 Å². The lowest BCUT2D eigenvalue weighted by Crippen LogP contribution is -2.23. The van der Waals surface area contributed by atoms with Crippen molar-refractivity contribution in [3.8, 4) is 0 Å². The Morgan fingerprint density at radius 3 is 0.733 bits per heavy atom. The highest BCUT2D eigenvalue weighted by Gasteiger charge is 2.05. The molecule has 4 nitrogen and oxygen atoms in total. The summed E-state index contributed by atoms with van der Waals surface area (Å²) in [4.78, 5) is 24.9. The molecule has 60 heavy (non-hydrogen) atoms. The molecule has 4 heteroatoms. The Kier molecular flexibility index (Phi) is 43.7. The molecule has 0 saturated carbocycles. The number of carbonyl (C=O) groups is 2. The minimum atomic E-state index is 0.150. The van der Waals surface area contributed by atoms with E-state index in [1.165, 1.54) is 244 Å². The summed E-state index contributed by atoms with van der Waals surface area (Å²) in [5, 5.41) is 6.21. The molecule has 0 aliphatic carbocycles. The Morgan fingerprint density at radius 1 is 0.317 bits per heavy atom. The molecular weight excluding hydrogens is 733 g/mol. The van der Waals surface area contributed by atoms with Crippen molar-refractivity contribution in [2.24, 2.45) is 0 Å². The fourth-order valence-electron chi connectivity index (χ4n) is 8.86. The van der Waals surface area contributed by atoms with E-state index >= 15 is 0 Å². The summed E-state index contributed by atoms with van der Waals surface area (Å²) in [6.45, 7) is 5.70. The Labute approximate surface area is 375 Å². The highest BCUT2D eigenvalue weighted by Crippen LogP contribution is 2.17. The van der Waals surface area contributed by atoms with Crippen LogP contribution in [0.1, 0.15) is 307 Å². The Morgan fingerprint density at radius 2 is 0.517 bits per heavy atom. The molecule has 1 aromatic rings. The molecule has 0 saturated heterocycles. The number of hydrogen-bond acceptors (Lipinski definition) is 2. The van der Waals surface area contributed by atoms with Gasteiger partial charge in [0, 0.05) is 25.9 Å². The number of carbonyl (C=O) groups excluding carboxylic acids is 2. The van der Waals surface area contributed by atoms with Gasteiger partial charge in [0.2, 0.25) is 11.8 Å². The molecule has 0 radical (unpaired) electrons. The van der Waals surface area contributed by atoms with Gasteiger partial charge < -0.3 is 10.6 Å². The average molecular weight is 837 g/mol. The molecule has 0 bridgehead atoms. The van der Waals surface area contributed by atoms with Crippen LogP contribution in [0.2, 0.25) is 0 Å². The van der Waals surface area contributed by atoms with E-state index in [0.717, 1.165) is 36.8 Å². The molecule has 0 heterocycles. The van der Waals surface area contributed by atoms with E-state index in [4.69, 9.17) is 0 Å². The lowest BCUT2D eigenvalue weighted by molar-refractivity contribution is -0.122. The van der Waals surface area contributed by atoms with Gasteiger partial charge in [-0.25, -0.2) is 0 Å². The molecule has 0 aromatic heterocycles. The molecule has 2 amide bonds. The van der Waals surface area contributed by atoms with Crippen LogP contribution < -0.4 is 10.6 Å². The van der Waals surface area contributed by atoms with Crippen molar-refractivity contribution in [3.63, 3.8) is 0 Å². The molecule has 1 rings (SSSR count). The third-order valence-electron chi connectivity index (χ3n) is 13.0. The number of hydrogen-bond donors (Lipinski definition) is 2. The van der Waals surface area contributed by atoms with Crippen LogP contribution in [0.15, 0.2) is 24.3 Å². The van der Waals surface area contributed by atoms with Crippen LogP contribution in [0.4, 0.5) is 0 Å². The van der Waals surface area contributed by atoms with Gasteiger partial charge in [-0.2, -0.15) is 0 Å². The summed E-state index contributed by atoms with van der Waals surface area (Å²) >= 11 is 0. The normalized spacial score (nSPS) is 11.4. The Balaban J connectivity index is 1.86. The predicted molar refractivity (Wildman–Crippen MR) is 265 cm³/mol. The van der Waals surface area contributed by atoms with E-state index in [9.17, 15) is 9.59 Å². The summed E-state index contributed by atoms with van der Waals surface area (Å²) in [7, 11) is 0. The molecule has 1 aromatic carbocycles. The number of amides is 2. The quantitative estimate of drug-likeness (QED) is 0.0643. The van der Waals surface area contributed by atoms with Crippen LogP contribution in [-0.4, -0.2) is 11.8 Å². The summed E-state index contributed by atoms with van der Waals surface area (Å²) in [5.41, 5.74) is 2.19. The summed E-state index contributed by atoms with van der Waals surface area (Å²) in [6.07, 6.45) is 59.1. The topological polar surface area (TPSA) is 58.2 Å². The number of rotatable bonds is 48. The van der Waals surface area contributed by atoms with Crippen LogP contribution in [0.25, 0.3) is 0 Å². The van der Waals surface area contributed by atoms with E-state index in [1.807, 2.05) is 6.07 Å². The maximum Gasteiger partial charge on any atom is 0.220 e. The van der Waals surface area contributed by atoms with Gasteiger partial charge in [-0.05, 0) is 24.0 Å². The summed E-state index contributed by atoms with van der Waals surface area (Å²) in [6, 6.07) is 8.26. The second kappa shape index (κ2) is 46.7. The third kappa shape index (κ3) is 41.5. The summed E-state index contributed by atoms with van der Waals surface area (Å²) < 4.78 is 0. The Bertz CT molecular complexity index is 963. The molecule has 0 aliphatic heterocycles. The Hall–Kier alpha value is -1.84. The zero-order chi connectivity index (χ0) is 43.1. The molecule has 0 fully saturated rings. The van der Waals surface area contributed by atoms with Crippen molar-refractivity contribution in [2.45, 2.75) is 309 Å². The minimum absolute atomic E-state index is 0.150. The van der Waals surface area contributed by atoms with Gasteiger partial charge >= 0.3 is 0 Å². The average Bonchev–Trinajstić information content (AvgIpc) is 3.26. The van der Waals surface area contributed by atoms with Crippen molar-refractivity contribution in [1.82, 2.24) is 10.6 Å².